The van der Waals surface area contributed by atoms with Gasteiger partial charge in [0.2, 0.25) is 0 Å². The lowest BCUT2D eigenvalue weighted by molar-refractivity contribution is 0.719. The summed E-state index contributed by atoms with van der Waals surface area (Å²) in [5.41, 5.74) is 6.55. The second-order valence-electron chi connectivity index (χ2n) is 5.13. The average molecular weight is 314 g/mol. The molecule has 2 aromatic rings. The first kappa shape index (κ1) is 12.5. The molecule has 1 nitrogen and oxygen atoms in total. The molecule has 0 radical (unpaired) electrons. The number of aryl methyl sites for hydroxylation is 2. The minimum atomic E-state index is 0.242. The van der Waals surface area contributed by atoms with Crippen LogP contribution in [0, 0.1) is 13.8 Å². The number of fused-ring (bicyclic) bond motifs is 1. The largest absolute Gasteiger partial charge is 0.380 e. The Morgan fingerprint density at radius 1 is 1.00 bits per heavy atom. The summed E-state index contributed by atoms with van der Waals surface area (Å²) in [5, 5.41) is 3.47. The van der Waals surface area contributed by atoms with E-state index in [4.69, 9.17) is 0 Å². The standard InChI is InChI=1S/C17H16BrN/c1-11-7-12(2)9-14(8-11)17-16-4-3-15(18)10-13(16)5-6-19-17/h3-10,17,19H,1-2H3. The highest BCUT2D eigenvalue weighted by Crippen LogP contribution is 2.31. The van der Waals surface area contributed by atoms with Gasteiger partial charge in [-0.1, -0.05) is 51.3 Å². The molecule has 96 valence electrons. The van der Waals surface area contributed by atoms with Gasteiger partial charge in [-0.05, 0) is 54.9 Å². The van der Waals surface area contributed by atoms with Gasteiger partial charge < -0.3 is 5.32 Å². The highest BCUT2D eigenvalue weighted by molar-refractivity contribution is 9.10. The second-order valence-corrected chi connectivity index (χ2v) is 6.04. The molecule has 2 heteroatoms. The van der Waals surface area contributed by atoms with Crippen LogP contribution in [0.15, 0.2) is 47.1 Å². The van der Waals surface area contributed by atoms with Crippen LogP contribution < -0.4 is 5.32 Å². The van der Waals surface area contributed by atoms with Crippen LogP contribution in [-0.4, -0.2) is 0 Å². The van der Waals surface area contributed by atoms with E-state index in [2.05, 4.69) is 77.6 Å². The quantitative estimate of drug-likeness (QED) is 0.802. The van der Waals surface area contributed by atoms with Crippen molar-refractivity contribution in [2.24, 2.45) is 0 Å². The van der Waals surface area contributed by atoms with Gasteiger partial charge in [-0.25, -0.2) is 0 Å². The van der Waals surface area contributed by atoms with E-state index < -0.39 is 0 Å². The molecular formula is C17H16BrN. The fraction of sp³-hybridized carbons (Fsp3) is 0.176. The van der Waals surface area contributed by atoms with Gasteiger partial charge in [0, 0.05) is 4.47 Å². The Kier molecular flexibility index (Phi) is 3.19. The molecule has 0 bridgehead atoms. The smallest absolute Gasteiger partial charge is 0.0768 e. The number of hydrogen-bond donors (Lipinski definition) is 1. The summed E-state index contributed by atoms with van der Waals surface area (Å²) in [6.45, 7) is 4.30. The Labute approximate surface area is 122 Å². The highest BCUT2D eigenvalue weighted by Gasteiger charge is 2.18. The molecule has 0 fully saturated rings. The number of halogens is 1. The molecule has 0 aromatic heterocycles. The normalized spacial score (nSPS) is 16.9. The molecule has 0 saturated carbocycles. The summed E-state index contributed by atoms with van der Waals surface area (Å²) >= 11 is 3.54. The second kappa shape index (κ2) is 4.86. The van der Waals surface area contributed by atoms with Gasteiger partial charge in [0.15, 0.2) is 0 Å². The van der Waals surface area contributed by atoms with Crippen LogP contribution in [0.3, 0.4) is 0 Å². The summed E-state index contributed by atoms with van der Waals surface area (Å²) in [6.07, 6.45) is 4.16. The summed E-state index contributed by atoms with van der Waals surface area (Å²) in [6, 6.07) is 13.4. The molecule has 0 spiro atoms. The SMILES string of the molecule is Cc1cc(C)cc(C2NC=Cc3cc(Br)ccc32)c1. The predicted octanol–water partition coefficient (Wildman–Crippen LogP) is 4.73. The van der Waals surface area contributed by atoms with Crippen molar-refractivity contribution in [3.63, 3.8) is 0 Å². The van der Waals surface area contributed by atoms with E-state index >= 15 is 0 Å². The molecule has 1 aliphatic rings. The zero-order valence-corrected chi connectivity index (χ0v) is 12.7. The van der Waals surface area contributed by atoms with Crippen molar-refractivity contribution in [1.29, 1.82) is 0 Å². The number of hydrogen-bond acceptors (Lipinski definition) is 1. The molecule has 3 rings (SSSR count). The lowest BCUT2D eigenvalue weighted by atomic mass is 9.91. The zero-order chi connectivity index (χ0) is 13.4. The first-order valence-electron chi connectivity index (χ1n) is 6.44. The Balaban J connectivity index is 2.10. The lowest BCUT2D eigenvalue weighted by Crippen LogP contribution is -2.20. The van der Waals surface area contributed by atoms with Crippen molar-refractivity contribution in [1.82, 2.24) is 5.32 Å². The van der Waals surface area contributed by atoms with Crippen LogP contribution >= 0.6 is 15.9 Å². The Morgan fingerprint density at radius 3 is 2.47 bits per heavy atom. The average Bonchev–Trinajstić information content (AvgIpc) is 2.36. The minimum Gasteiger partial charge on any atom is -0.380 e. The van der Waals surface area contributed by atoms with Crippen molar-refractivity contribution in [3.05, 3.63) is 74.9 Å². The van der Waals surface area contributed by atoms with Gasteiger partial charge in [-0.15, -0.1) is 0 Å². The molecule has 0 saturated heterocycles. The third-order valence-electron chi connectivity index (χ3n) is 3.46. The first-order chi connectivity index (χ1) is 9.13. The Hall–Kier alpha value is -1.54. The molecule has 0 aliphatic carbocycles. The Morgan fingerprint density at radius 2 is 1.74 bits per heavy atom. The van der Waals surface area contributed by atoms with Crippen LogP contribution in [0.4, 0.5) is 0 Å². The van der Waals surface area contributed by atoms with Crippen LogP contribution in [-0.2, 0) is 0 Å². The van der Waals surface area contributed by atoms with Gasteiger partial charge in [0.05, 0.1) is 6.04 Å². The lowest BCUT2D eigenvalue weighted by Gasteiger charge is -2.25. The maximum atomic E-state index is 3.54. The summed E-state index contributed by atoms with van der Waals surface area (Å²) in [7, 11) is 0. The van der Waals surface area contributed by atoms with Gasteiger partial charge >= 0.3 is 0 Å². The van der Waals surface area contributed by atoms with Crippen molar-refractivity contribution in [2.75, 3.05) is 0 Å². The van der Waals surface area contributed by atoms with E-state index in [0.717, 1.165) is 4.47 Å². The van der Waals surface area contributed by atoms with Gasteiger partial charge in [-0.2, -0.15) is 0 Å². The maximum Gasteiger partial charge on any atom is 0.0768 e. The van der Waals surface area contributed by atoms with E-state index in [1.54, 1.807) is 0 Å². The van der Waals surface area contributed by atoms with Crippen molar-refractivity contribution >= 4 is 22.0 Å². The fourth-order valence-electron chi connectivity index (χ4n) is 2.73. The summed E-state index contributed by atoms with van der Waals surface area (Å²) in [4.78, 5) is 0. The molecule has 1 N–H and O–H groups in total. The van der Waals surface area contributed by atoms with Crippen molar-refractivity contribution < 1.29 is 0 Å². The van der Waals surface area contributed by atoms with E-state index in [0.29, 0.717) is 0 Å². The third-order valence-corrected chi connectivity index (χ3v) is 3.96. The van der Waals surface area contributed by atoms with Crippen LogP contribution in [0.25, 0.3) is 6.08 Å². The van der Waals surface area contributed by atoms with E-state index in [-0.39, 0.29) is 6.04 Å². The number of rotatable bonds is 1. The molecule has 1 heterocycles. The summed E-state index contributed by atoms with van der Waals surface area (Å²) < 4.78 is 1.12. The van der Waals surface area contributed by atoms with Crippen molar-refractivity contribution in [2.45, 2.75) is 19.9 Å². The van der Waals surface area contributed by atoms with Gasteiger partial charge in [-0.3, -0.25) is 0 Å². The highest BCUT2D eigenvalue weighted by atomic mass is 79.9. The monoisotopic (exact) mass is 313 g/mol. The van der Waals surface area contributed by atoms with Crippen LogP contribution in [0.2, 0.25) is 0 Å². The summed E-state index contributed by atoms with van der Waals surface area (Å²) in [5.74, 6) is 0. The first-order valence-corrected chi connectivity index (χ1v) is 7.23. The van der Waals surface area contributed by atoms with E-state index in [1.165, 1.54) is 27.8 Å². The predicted molar refractivity (Wildman–Crippen MR) is 84.1 cm³/mol. The molecule has 0 amide bonds. The fourth-order valence-corrected chi connectivity index (χ4v) is 3.11. The molecule has 1 atom stereocenters. The van der Waals surface area contributed by atoms with Crippen LogP contribution in [0.1, 0.15) is 33.9 Å². The van der Waals surface area contributed by atoms with Crippen LogP contribution in [0.5, 0.6) is 0 Å². The molecular weight excluding hydrogens is 298 g/mol. The topological polar surface area (TPSA) is 12.0 Å². The Bertz CT molecular complexity index is 638. The number of benzene rings is 2. The van der Waals surface area contributed by atoms with Gasteiger partial charge in [0.1, 0.15) is 0 Å². The third kappa shape index (κ3) is 2.45. The molecule has 1 unspecified atom stereocenters. The minimum absolute atomic E-state index is 0.242. The number of nitrogens with one attached hydrogen (secondary N) is 1. The van der Waals surface area contributed by atoms with Crippen molar-refractivity contribution in [3.8, 4) is 0 Å². The molecule has 19 heavy (non-hydrogen) atoms. The van der Waals surface area contributed by atoms with Gasteiger partial charge in [0.25, 0.3) is 0 Å². The van der Waals surface area contributed by atoms with E-state index in [1.807, 2.05) is 6.20 Å². The zero-order valence-electron chi connectivity index (χ0n) is 11.1. The molecule has 1 aliphatic heterocycles. The van der Waals surface area contributed by atoms with E-state index in [9.17, 15) is 0 Å². The maximum absolute atomic E-state index is 3.54. The molecule has 2 aromatic carbocycles.